The Morgan fingerprint density at radius 2 is 2.00 bits per heavy atom. The highest BCUT2D eigenvalue weighted by Crippen LogP contribution is 2.26. The van der Waals surface area contributed by atoms with E-state index in [1.807, 2.05) is 0 Å². The number of nitrogens with zero attached hydrogens (tertiary/aromatic N) is 2. The molecule has 0 bridgehead atoms. The lowest BCUT2D eigenvalue weighted by Crippen LogP contribution is -2.55. The van der Waals surface area contributed by atoms with Gasteiger partial charge in [0.1, 0.15) is 0 Å². The van der Waals surface area contributed by atoms with E-state index in [-0.39, 0.29) is 0 Å². The van der Waals surface area contributed by atoms with Crippen molar-refractivity contribution >= 4 is 5.91 Å². The molecule has 21 heavy (non-hydrogen) atoms. The number of likely N-dealkylation sites (tertiary alicyclic amines) is 2. The lowest BCUT2D eigenvalue weighted by Gasteiger charge is -2.44. The van der Waals surface area contributed by atoms with Crippen LogP contribution in [-0.2, 0) is 9.53 Å². The van der Waals surface area contributed by atoms with Crippen LogP contribution in [0, 0.1) is 0 Å². The molecule has 0 aromatic heterocycles. The summed E-state index contributed by atoms with van der Waals surface area (Å²) in [6.45, 7) is 4.96. The van der Waals surface area contributed by atoms with E-state index in [1.54, 1.807) is 0 Å². The molecule has 3 aliphatic rings. The Labute approximate surface area is 127 Å². The second-order valence-electron chi connectivity index (χ2n) is 6.91. The number of aliphatic hydroxyl groups is 1. The van der Waals surface area contributed by atoms with Crippen LogP contribution in [0.1, 0.15) is 44.9 Å². The van der Waals surface area contributed by atoms with Gasteiger partial charge in [-0.25, -0.2) is 0 Å². The molecule has 3 rings (SSSR count). The molecule has 120 valence electrons. The van der Waals surface area contributed by atoms with E-state index in [0.717, 1.165) is 71.1 Å². The third-order valence-electron chi connectivity index (χ3n) is 5.22. The van der Waals surface area contributed by atoms with Crippen LogP contribution in [0.4, 0.5) is 0 Å². The molecule has 1 atom stereocenters. The minimum atomic E-state index is -0.591. The van der Waals surface area contributed by atoms with E-state index < -0.39 is 5.60 Å². The zero-order chi connectivity index (χ0) is 14.7. The molecule has 0 radical (unpaired) electrons. The maximum Gasteiger partial charge on any atom is 0.222 e. The van der Waals surface area contributed by atoms with Crippen molar-refractivity contribution in [3.8, 4) is 0 Å². The van der Waals surface area contributed by atoms with Gasteiger partial charge in [0.15, 0.2) is 0 Å². The van der Waals surface area contributed by atoms with Crippen LogP contribution in [0.15, 0.2) is 0 Å². The predicted octanol–water partition coefficient (Wildman–Crippen LogP) is 1.00. The molecular weight excluding hydrogens is 268 g/mol. The van der Waals surface area contributed by atoms with Gasteiger partial charge >= 0.3 is 0 Å². The summed E-state index contributed by atoms with van der Waals surface area (Å²) in [5.74, 6) is 0.331. The van der Waals surface area contributed by atoms with Crippen LogP contribution in [-0.4, -0.2) is 71.8 Å². The lowest BCUT2D eigenvalue weighted by atomic mass is 9.92. The summed E-state index contributed by atoms with van der Waals surface area (Å²) in [5, 5.41) is 10.7. The largest absolute Gasteiger partial charge is 0.388 e. The van der Waals surface area contributed by atoms with Gasteiger partial charge in [-0.3, -0.25) is 9.69 Å². The van der Waals surface area contributed by atoms with Gasteiger partial charge in [-0.2, -0.15) is 0 Å². The number of carbonyl (C=O) groups excluding carboxylic acids is 1. The smallest absolute Gasteiger partial charge is 0.222 e. The average molecular weight is 296 g/mol. The van der Waals surface area contributed by atoms with E-state index >= 15 is 0 Å². The highest BCUT2D eigenvalue weighted by atomic mass is 16.5. The zero-order valence-corrected chi connectivity index (χ0v) is 12.9. The second-order valence-corrected chi connectivity index (χ2v) is 6.91. The predicted molar refractivity (Wildman–Crippen MR) is 80.0 cm³/mol. The third-order valence-corrected chi connectivity index (χ3v) is 5.22. The summed E-state index contributed by atoms with van der Waals surface area (Å²) in [6, 6.07) is 0.356. The first kappa shape index (κ1) is 15.3. The number of amides is 1. The van der Waals surface area contributed by atoms with Crippen LogP contribution in [0.3, 0.4) is 0 Å². The van der Waals surface area contributed by atoms with Gasteiger partial charge in [0, 0.05) is 58.2 Å². The van der Waals surface area contributed by atoms with E-state index in [9.17, 15) is 9.90 Å². The van der Waals surface area contributed by atoms with E-state index in [1.165, 1.54) is 0 Å². The SMILES string of the molecule is O=C1CCCCN1C1CCCN(CC2(O)CCOCC2)C1. The lowest BCUT2D eigenvalue weighted by molar-refractivity contribution is -0.137. The Morgan fingerprint density at radius 1 is 1.19 bits per heavy atom. The molecule has 1 N–H and O–H groups in total. The number of hydrogen-bond acceptors (Lipinski definition) is 4. The van der Waals surface area contributed by atoms with Gasteiger partial charge in [0.25, 0.3) is 0 Å². The monoisotopic (exact) mass is 296 g/mol. The van der Waals surface area contributed by atoms with Gasteiger partial charge in [0.05, 0.1) is 5.60 Å². The molecule has 3 saturated heterocycles. The number of hydrogen-bond donors (Lipinski definition) is 1. The Morgan fingerprint density at radius 3 is 2.76 bits per heavy atom. The van der Waals surface area contributed by atoms with Crippen LogP contribution in [0.5, 0.6) is 0 Å². The summed E-state index contributed by atoms with van der Waals surface area (Å²) in [6.07, 6.45) is 6.62. The van der Waals surface area contributed by atoms with Crippen molar-refractivity contribution in [3.05, 3.63) is 0 Å². The fourth-order valence-electron chi connectivity index (χ4n) is 3.97. The van der Waals surface area contributed by atoms with Gasteiger partial charge in [-0.1, -0.05) is 0 Å². The molecule has 0 spiro atoms. The first-order valence-corrected chi connectivity index (χ1v) is 8.48. The highest BCUT2D eigenvalue weighted by molar-refractivity contribution is 5.77. The van der Waals surface area contributed by atoms with E-state index in [4.69, 9.17) is 4.74 Å². The number of carbonyl (C=O) groups is 1. The van der Waals surface area contributed by atoms with Gasteiger partial charge < -0.3 is 14.7 Å². The Kier molecular flexibility index (Phi) is 4.82. The van der Waals surface area contributed by atoms with Crippen molar-refractivity contribution in [3.63, 3.8) is 0 Å². The number of piperidine rings is 2. The molecule has 5 heteroatoms. The standard InChI is InChI=1S/C16H28N2O3/c19-15-5-1-2-9-18(15)14-4-3-8-17(12-14)13-16(20)6-10-21-11-7-16/h14,20H,1-13H2. The first-order valence-electron chi connectivity index (χ1n) is 8.48. The fourth-order valence-corrected chi connectivity index (χ4v) is 3.97. The summed E-state index contributed by atoms with van der Waals surface area (Å²) < 4.78 is 5.35. The molecular formula is C16H28N2O3. The maximum absolute atomic E-state index is 12.1. The molecule has 1 amide bonds. The Bertz CT molecular complexity index is 369. The van der Waals surface area contributed by atoms with Crippen molar-refractivity contribution < 1.29 is 14.6 Å². The van der Waals surface area contributed by atoms with Gasteiger partial charge in [0.2, 0.25) is 5.91 Å². The molecule has 1 unspecified atom stereocenters. The van der Waals surface area contributed by atoms with Crippen molar-refractivity contribution in [2.45, 2.75) is 56.6 Å². The normalized spacial score (nSPS) is 31.4. The summed E-state index contributed by atoms with van der Waals surface area (Å²) in [4.78, 5) is 16.6. The molecule has 3 aliphatic heterocycles. The summed E-state index contributed by atoms with van der Waals surface area (Å²) >= 11 is 0. The third kappa shape index (κ3) is 3.76. The molecule has 0 aliphatic carbocycles. The quantitative estimate of drug-likeness (QED) is 0.844. The average Bonchev–Trinajstić information content (AvgIpc) is 2.48. The van der Waals surface area contributed by atoms with Gasteiger partial charge in [-0.15, -0.1) is 0 Å². The van der Waals surface area contributed by atoms with Crippen molar-refractivity contribution in [1.82, 2.24) is 9.80 Å². The molecule has 3 fully saturated rings. The number of rotatable bonds is 3. The van der Waals surface area contributed by atoms with Gasteiger partial charge in [-0.05, 0) is 32.2 Å². The number of β-amino-alcohol motifs (C(OH)–C–C–N with tert-alkyl or cyclic N) is 1. The Balaban J connectivity index is 1.56. The molecule has 3 heterocycles. The fraction of sp³-hybridized carbons (Fsp3) is 0.938. The highest BCUT2D eigenvalue weighted by Gasteiger charge is 2.35. The topological polar surface area (TPSA) is 53.0 Å². The summed E-state index contributed by atoms with van der Waals surface area (Å²) in [5.41, 5.74) is -0.591. The van der Waals surface area contributed by atoms with Crippen molar-refractivity contribution in [2.75, 3.05) is 39.4 Å². The molecule has 0 aromatic carbocycles. The minimum absolute atomic E-state index is 0.331. The first-order chi connectivity index (χ1) is 10.2. The minimum Gasteiger partial charge on any atom is -0.388 e. The zero-order valence-electron chi connectivity index (χ0n) is 12.9. The number of ether oxygens (including phenoxy) is 1. The van der Waals surface area contributed by atoms with Crippen LogP contribution in [0.25, 0.3) is 0 Å². The van der Waals surface area contributed by atoms with E-state index in [0.29, 0.717) is 25.2 Å². The maximum atomic E-state index is 12.1. The van der Waals surface area contributed by atoms with Crippen LogP contribution < -0.4 is 0 Å². The second kappa shape index (κ2) is 6.63. The molecule has 0 saturated carbocycles. The van der Waals surface area contributed by atoms with Crippen LogP contribution >= 0.6 is 0 Å². The molecule has 5 nitrogen and oxygen atoms in total. The van der Waals surface area contributed by atoms with Crippen LogP contribution in [0.2, 0.25) is 0 Å². The molecule has 0 aromatic rings. The van der Waals surface area contributed by atoms with E-state index in [2.05, 4.69) is 9.80 Å². The Hall–Kier alpha value is -0.650. The van der Waals surface area contributed by atoms with Crippen molar-refractivity contribution in [1.29, 1.82) is 0 Å². The van der Waals surface area contributed by atoms with Crippen molar-refractivity contribution in [2.24, 2.45) is 0 Å². The summed E-state index contributed by atoms with van der Waals surface area (Å²) in [7, 11) is 0.